The molecule has 1 amide bonds. The molecule has 0 aliphatic rings. The third kappa shape index (κ3) is 4.97. The van der Waals surface area contributed by atoms with Crippen molar-refractivity contribution in [1.82, 2.24) is 5.32 Å². The van der Waals surface area contributed by atoms with Crippen molar-refractivity contribution < 1.29 is 19.1 Å². The molecule has 122 valence electrons. The second kappa shape index (κ2) is 9.12. The van der Waals surface area contributed by atoms with Gasteiger partial charge in [0, 0.05) is 5.56 Å². The van der Waals surface area contributed by atoms with Crippen LogP contribution in [0.1, 0.15) is 16.8 Å². The highest BCUT2D eigenvalue weighted by molar-refractivity contribution is 7.98. The van der Waals surface area contributed by atoms with Crippen LogP contribution >= 0.6 is 35.0 Å². The Kier molecular flexibility index (Phi) is 7.85. The molecule has 0 radical (unpaired) electrons. The minimum atomic E-state index is -0.718. The Labute approximate surface area is 143 Å². The van der Waals surface area contributed by atoms with E-state index in [9.17, 15) is 9.59 Å². The lowest BCUT2D eigenvalue weighted by molar-refractivity contribution is -0.142. The van der Waals surface area contributed by atoms with E-state index in [0.29, 0.717) is 17.9 Å². The maximum absolute atomic E-state index is 12.3. The molecular formula is C14H17Cl2NO4S. The van der Waals surface area contributed by atoms with Gasteiger partial charge in [-0.1, -0.05) is 23.2 Å². The first-order valence-corrected chi connectivity index (χ1v) is 8.50. The highest BCUT2D eigenvalue weighted by atomic mass is 35.5. The summed E-state index contributed by atoms with van der Waals surface area (Å²) in [6.45, 7) is 0. The number of nitrogens with one attached hydrogen (secondary N) is 1. The summed E-state index contributed by atoms with van der Waals surface area (Å²) in [5, 5.41) is 3.07. The van der Waals surface area contributed by atoms with Gasteiger partial charge in [-0.05, 0) is 30.6 Å². The Morgan fingerprint density at radius 1 is 1.27 bits per heavy atom. The summed E-state index contributed by atoms with van der Waals surface area (Å²) in [5.41, 5.74) is 0.244. The summed E-state index contributed by atoms with van der Waals surface area (Å²) in [4.78, 5) is 24.0. The molecule has 0 saturated carbocycles. The molecule has 1 atom stereocenters. The van der Waals surface area contributed by atoms with E-state index in [-0.39, 0.29) is 15.6 Å². The van der Waals surface area contributed by atoms with Crippen LogP contribution in [-0.4, -0.2) is 44.1 Å². The van der Waals surface area contributed by atoms with E-state index in [1.807, 2.05) is 6.26 Å². The number of carbonyl (C=O) groups excluding carboxylic acids is 2. The molecule has 0 aliphatic heterocycles. The van der Waals surface area contributed by atoms with Crippen LogP contribution in [0.5, 0.6) is 5.75 Å². The predicted octanol–water partition coefficient (Wildman–Crippen LogP) is 3.03. The van der Waals surface area contributed by atoms with Crippen LogP contribution in [0.2, 0.25) is 10.0 Å². The normalized spacial score (nSPS) is 11.7. The van der Waals surface area contributed by atoms with Crippen molar-refractivity contribution >= 4 is 46.8 Å². The Morgan fingerprint density at radius 3 is 2.32 bits per heavy atom. The van der Waals surface area contributed by atoms with Gasteiger partial charge in [0.1, 0.15) is 6.04 Å². The lowest BCUT2D eigenvalue weighted by Crippen LogP contribution is -2.41. The lowest BCUT2D eigenvalue weighted by atomic mass is 10.1. The first kappa shape index (κ1) is 18.9. The van der Waals surface area contributed by atoms with E-state index < -0.39 is 17.9 Å². The number of halogens is 2. The van der Waals surface area contributed by atoms with Gasteiger partial charge in [-0.15, -0.1) is 0 Å². The van der Waals surface area contributed by atoms with Gasteiger partial charge in [-0.2, -0.15) is 11.8 Å². The van der Waals surface area contributed by atoms with Crippen molar-refractivity contribution in [2.75, 3.05) is 26.2 Å². The smallest absolute Gasteiger partial charge is 0.328 e. The van der Waals surface area contributed by atoms with Crippen LogP contribution in [0, 0.1) is 0 Å². The number of methoxy groups -OCH3 is 2. The topological polar surface area (TPSA) is 64.6 Å². The number of carbonyl (C=O) groups is 2. The van der Waals surface area contributed by atoms with Gasteiger partial charge in [0.2, 0.25) is 0 Å². The molecule has 22 heavy (non-hydrogen) atoms. The second-order valence-corrected chi connectivity index (χ2v) is 6.10. The molecule has 5 nitrogen and oxygen atoms in total. The van der Waals surface area contributed by atoms with Crippen molar-refractivity contribution in [2.45, 2.75) is 12.5 Å². The first-order valence-electron chi connectivity index (χ1n) is 6.35. The highest BCUT2D eigenvalue weighted by Gasteiger charge is 2.22. The number of ether oxygens (including phenoxy) is 2. The molecule has 0 bridgehead atoms. The second-order valence-electron chi connectivity index (χ2n) is 4.30. The van der Waals surface area contributed by atoms with Gasteiger partial charge in [-0.3, -0.25) is 4.79 Å². The fraction of sp³-hybridized carbons (Fsp3) is 0.429. The average Bonchev–Trinajstić information content (AvgIpc) is 2.49. The molecule has 1 aromatic rings. The third-order valence-corrected chi connectivity index (χ3v) is 4.07. The maximum Gasteiger partial charge on any atom is 0.328 e. The minimum Gasteiger partial charge on any atom is -0.494 e. The molecule has 0 aromatic heterocycles. The van der Waals surface area contributed by atoms with Gasteiger partial charge >= 0.3 is 5.97 Å². The summed E-state index contributed by atoms with van der Waals surface area (Å²) in [6.07, 6.45) is 2.39. The van der Waals surface area contributed by atoms with Crippen LogP contribution in [0.4, 0.5) is 0 Å². The number of rotatable bonds is 7. The summed E-state index contributed by atoms with van der Waals surface area (Å²) < 4.78 is 9.72. The SMILES string of the molecule is COC(=O)[C@H](CCSC)NC(=O)c1cc(Cl)c(OC)c(Cl)c1. The van der Waals surface area contributed by atoms with Gasteiger partial charge in [0.15, 0.2) is 5.75 Å². The van der Waals surface area contributed by atoms with E-state index in [0.717, 1.165) is 0 Å². The molecule has 0 aliphatic carbocycles. The van der Waals surface area contributed by atoms with Crippen LogP contribution in [0.25, 0.3) is 0 Å². The van der Waals surface area contributed by atoms with E-state index in [1.165, 1.54) is 26.4 Å². The standard InChI is InChI=1S/C14H17Cl2NO4S/c1-20-12-9(15)6-8(7-10(12)16)13(18)17-11(4-5-22-3)14(19)21-2/h6-7,11H,4-5H2,1-3H3,(H,17,18)/t11-/m0/s1. The Balaban J connectivity index is 2.92. The number of hydrogen-bond donors (Lipinski definition) is 1. The Bertz CT molecular complexity index is 531. The monoisotopic (exact) mass is 365 g/mol. The fourth-order valence-corrected chi connectivity index (χ4v) is 2.87. The summed E-state index contributed by atoms with van der Waals surface area (Å²) in [5.74, 6) is 0.0623. The zero-order valence-electron chi connectivity index (χ0n) is 12.4. The quantitative estimate of drug-likeness (QED) is 0.752. The maximum atomic E-state index is 12.3. The molecule has 0 fully saturated rings. The number of benzene rings is 1. The average molecular weight is 366 g/mol. The first-order chi connectivity index (χ1) is 10.4. The molecule has 0 unspecified atom stereocenters. The van der Waals surface area contributed by atoms with Crippen LogP contribution in [-0.2, 0) is 9.53 Å². The van der Waals surface area contributed by atoms with Gasteiger partial charge < -0.3 is 14.8 Å². The Morgan fingerprint density at radius 2 is 1.86 bits per heavy atom. The molecule has 1 N–H and O–H groups in total. The van der Waals surface area contributed by atoms with Crippen LogP contribution in [0.3, 0.4) is 0 Å². The molecular weight excluding hydrogens is 349 g/mol. The highest BCUT2D eigenvalue weighted by Crippen LogP contribution is 2.33. The van der Waals surface area contributed by atoms with Gasteiger partial charge in [0.25, 0.3) is 5.91 Å². The Hall–Kier alpha value is -1.11. The van der Waals surface area contributed by atoms with E-state index in [4.69, 9.17) is 32.7 Å². The number of amides is 1. The summed E-state index contributed by atoms with van der Waals surface area (Å²) >= 11 is 13.6. The number of esters is 1. The fourth-order valence-electron chi connectivity index (χ4n) is 1.75. The van der Waals surface area contributed by atoms with Crippen molar-refractivity contribution in [1.29, 1.82) is 0 Å². The number of hydrogen-bond acceptors (Lipinski definition) is 5. The molecule has 0 heterocycles. The van der Waals surface area contributed by atoms with Crippen LogP contribution < -0.4 is 10.1 Å². The molecule has 0 saturated heterocycles. The summed E-state index contributed by atoms with van der Waals surface area (Å²) in [6, 6.07) is 2.15. The van der Waals surface area contributed by atoms with Crippen molar-refractivity contribution in [3.8, 4) is 5.75 Å². The van der Waals surface area contributed by atoms with E-state index in [1.54, 1.807) is 11.8 Å². The van der Waals surface area contributed by atoms with E-state index >= 15 is 0 Å². The predicted molar refractivity (Wildman–Crippen MR) is 89.3 cm³/mol. The molecule has 8 heteroatoms. The molecule has 0 spiro atoms. The number of thioether (sulfide) groups is 1. The third-order valence-electron chi connectivity index (χ3n) is 2.87. The van der Waals surface area contributed by atoms with Crippen LogP contribution in [0.15, 0.2) is 12.1 Å². The largest absolute Gasteiger partial charge is 0.494 e. The van der Waals surface area contributed by atoms with Gasteiger partial charge in [-0.25, -0.2) is 4.79 Å². The summed E-state index contributed by atoms with van der Waals surface area (Å²) in [7, 11) is 2.71. The van der Waals surface area contributed by atoms with Crippen molar-refractivity contribution in [3.63, 3.8) is 0 Å². The molecule has 1 aromatic carbocycles. The van der Waals surface area contributed by atoms with Crippen molar-refractivity contribution in [2.24, 2.45) is 0 Å². The minimum absolute atomic E-state index is 0.221. The van der Waals surface area contributed by atoms with E-state index in [2.05, 4.69) is 5.32 Å². The molecule has 1 rings (SSSR count). The zero-order valence-corrected chi connectivity index (χ0v) is 14.8. The lowest BCUT2D eigenvalue weighted by Gasteiger charge is -2.16. The van der Waals surface area contributed by atoms with Crippen molar-refractivity contribution in [3.05, 3.63) is 27.7 Å². The zero-order chi connectivity index (χ0) is 16.7. The van der Waals surface area contributed by atoms with Gasteiger partial charge in [0.05, 0.1) is 24.3 Å².